The second kappa shape index (κ2) is 12.4. The number of hydrogen-bond donors (Lipinski definition) is 1. The van der Waals surface area contributed by atoms with E-state index >= 15 is 0 Å². The van der Waals surface area contributed by atoms with Crippen LogP contribution in [-0.2, 0) is 26.2 Å². The number of benzene rings is 2. The quantitative estimate of drug-likeness (QED) is 0.494. The van der Waals surface area contributed by atoms with Crippen LogP contribution in [0.25, 0.3) is 0 Å². The maximum absolute atomic E-state index is 13.2. The first-order valence-corrected chi connectivity index (χ1v) is 13.2. The van der Waals surface area contributed by atoms with Gasteiger partial charge >= 0.3 is 0 Å². The van der Waals surface area contributed by atoms with E-state index in [-0.39, 0.29) is 31.3 Å². The van der Waals surface area contributed by atoms with Gasteiger partial charge in [0.05, 0.1) is 19.1 Å². The molecule has 9 heteroatoms. The van der Waals surface area contributed by atoms with Gasteiger partial charge in [0.1, 0.15) is 11.8 Å². The average Bonchev–Trinajstić information content (AvgIpc) is 2.80. The second-order valence-electron chi connectivity index (χ2n) is 8.17. The van der Waals surface area contributed by atoms with Gasteiger partial charge in [-0.3, -0.25) is 13.9 Å². The van der Waals surface area contributed by atoms with Crippen molar-refractivity contribution in [1.29, 1.82) is 0 Å². The molecule has 1 atom stereocenters. The van der Waals surface area contributed by atoms with Gasteiger partial charge in [-0.2, -0.15) is 0 Å². The number of nitrogens with one attached hydrogen (secondary N) is 1. The smallest absolute Gasteiger partial charge is 0.242 e. The Balaban J connectivity index is 2.18. The summed E-state index contributed by atoms with van der Waals surface area (Å²) in [6.07, 6.45) is 1.58. The molecule has 0 saturated heterocycles. The highest BCUT2D eigenvalue weighted by Crippen LogP contribution is 2.23. The summed E-state index contributed by atoms with van der Waals surface area (Å²) in [5, 5.41) is 2.77. The highest BCUT2D eigenvalue weighted by Gasteiger charge is 2.26. The Labute approximate surface area is 202 Å². The molecule has 2 aromatic rings. The van der Waals surface area contributed by atoms with E-state index in [1.807, 2.05) is 50.2 Å². The van der Waals surface area contributed by atoms with Crippen LogP contribution in [0.4, 0.5) is 5.69 Å². The van der Waals surface area contributed by atoms with Gasteiger partial charge < -0.3 is 15.0 Å². The van der Waals surface area contributed by atoms with E-state index < -0.39 is 16.1 Å². The SMILES string of the molecule is CCNC(=O)[C@@H](C)N(Cc1cccc(OC)c1)C(=O)CCCN(c1ccccc1C)S(C)(=O)=O. The van der Waals surface area contributed by atoms with Gasteiger partial charge in [-0.1, -0.05) is 30.3 Å². The van der Waals surface area contributed by atoms with Crippen LogP contribution in [0.2, 0.25) is 0 Å². The number of para-hydroxylation sites is 1. The summed E-state index contributed by atoms with van der Waals surface area (Å²) < 4.78 is 31.5. The second-order valence-corrected chi connectivity index (χ2v) is 10.1. The Bertz CT molecular complexity index is 1090. The topological polar surface area (TPSA) is 96.0 Å². The molecule has 1 N–H and O–H groups in total. The fourth-order valence-corrected chi connectivity index (χ4v) is 4.72. The number of likely N-dealkylation sites (N-methyl/N-ethyl adjacent to an activating group) is 1. The molecule has 0 aromatic heterocycles. The third kappa shape index (κ3) is 7.48. The van der Waals surface area contributed by atoms with Crippen LogP contribution in [0, 0.1) is 6.92 Å². The predicted molar refractivity (Wildman–Crippen MR) is 134 cm³/mol. The number of ether oxygens (including phenoxy) is 1. The summed E-state index contributed by atoms with van der Waals surface area (Å²) in [5.41, 5.74) is 2.27. The molecule has 0 fully saturated rings. The average molecular weight is 490 g/mol. The van der Waals surface area contributed by atoms with Gasteiger partial charge in [-0.15, -0.1) is 0 Å². The molecule has 0 spiro atoms. The minimum atomic E-state index is -3.52. The van der Waals surface area contributed by atoms with Crippen molar-refractivity contribution in [2.75, 3.05) is 30.8 Å². The number of carbonyl (C=O) groups excluding carboxylic acids is 2. The van der Waals surface area contributed by atoms with Crippen LogP contribution in [0.3, 0.4) is 0 Å². The van der Waals surface area contributed by atoms with Gasteiger partial charge in [-0.25, -0.2) is 8.42 Å². The zero-order valence-corrected chi connectivity index (χ0v) is 21.4. The minimum Gasteiger partial charge on any atom is -0.497 e. The summed E-state index contributed by atoms with van der Waals surface area (Å²) >= 11 is 0. The summed E-state index contributed by atoms with van der Waals surface area (Å²) in [6.45, 7) is 6.23. The third-order valence-electron chi connectivity index (χ3n) is 5.54. The van der Waals surface area contributed by atoms with E-state index in [1.54, 1.807) is 26.2 Å². The van der Waals surface area contributed by atoms with E-state index in [0.29, 0.717) is 24.4 Å². The molecular weight excluding hydrogens is 454 g/mol. The van der Waals surface area contributed by atoms with Gasteiger partial charge in [-0.05, 0) is 56.5 Å². The lowest BCUT2D eigenvalue weighted by Gasteiger charge is -2.29. The Hall–Kier alpha value is -3.07. The maximum atomic E-state index is 13.2. The Morgan fingerprint density at radius 1 is 1.12 bits per heavy atom. The molecule has 2 aromatic carbocycles. The number of aryl methyl sites for hydroxylation is 1. The Morgan fingerprint density at radius 3 is 2.44 bits per heavy atom. The molecule has 0 saturated carbocycles. The van der Waals surface area contributed by atoms with Crippen molar-refractivity contribution < 1.29 is 22.7 Å². The van der Waals surface area contributed by atoms with E-state index in [9.17, 15) is 18.0 Å². The van der Waals surface area contributed by atoms with Crippen molar-refractivity contribution in [3.05, 3.63) is 59.7 Å². The number of nitrogens with zero attached hydrogens (tertiary/aromatic N) is 2. The third-order valence-corrected chi connectivity index (χ3v) is 6.72. The van der Waals surface area contributed by atoms with Crippen LogP contribution < -0.4 is 14.4 Å². The Kier molecular flexibility index (Phi) is 9.92. The van der Waals surface area contributed by atoms with Crippen LogP contribution in [0.5, 0.6) is 5.75 Å². The van der Waals surface area contributed by atoms with Crippen molar-refractivity contribution in [3.8, 4) is 5.75 Å². The molecule has 0 bridgehead atoms. The summed E-state index contributed by atoms with van der Waals surface area (Å²) in [7, 11) is -1.95. The van der Waals surface area contributed by atoms with E-state index in [1.165, 1.54) is 9.21 Å². The number of anilines is 1. The largest absolute Gasteiger partial charge is 0.497 e. The standard InChI is InChI=1S/C25H35N3O5S/c1-6-26-25(30)20(3)27(18-21-12-9-13-22(17-21)33-4)24(29)15-10-16-28(34(5,31)32)23-14-8-7-11-19(23)2/h7-9,11-14,17,20H,6,10,15-16,18H2,1-5H3,(H,26,30)/t20-/m1/s1. The number of carbonyl (C=O) groups is 2. The monoisotopic (exact) mass is 489 g/mol. The van der Waals surface area contributed by atoms with Crippen molar-refractivity contribution >= 4 is 27.5 Å². The fraction of sp³-hybridized carbons (Fsp3) is 0.440. The first-order chi connectivity index (χ1) is 16.1. The molecular formula is C25H35N3O5S. The van der Waals surface area contributed by atoms with Gasteiger partial charge in [0.2, 0.25) is 21.8 Å². The number of amides is 2. The molecule has 34 heavy (non-hydrogen) atoms. The maximum Gasteiger partial charge on any atom is 0.242 e. The van der Waals surface area contributed by atoms with Gasteiger partial charge in [0.15, 0.2) is 0 Å². The zero-order valence-electron chi connectivity index (χ0n) is 20.6. The minimum absolute atomic E-state index is 0.103. The number of rotatable bonds is 12. The van der Waals surface area contributed by atoms with Crippen molar-refractivity contribution in [2.45, 2.75) is 46.2 Å². The van der Waals surface area contributed by atoms with Crippen LogP contribution in [0.15, 0.2) is 48.5 Å². The first-order valence-electron chi connectivity index (χ1n) is 11.3. The Morgan fingerprint density at radius 2 is 1.82 bits per heavy atom. The van der Waals surface area contributed by atoms with Gasteiger partial charge in [0, 0.05) is 26.1 Å². The molecule has 0 aliphatic carbocycles. The lowest BCUT2D eigenvalue weighted by molar-refractivity contribution is -0.140. The van der Waals surface area contributed by atoms with Crippen molar-refractivity contribution in [3.63, 3.8) is 0 Å². The molecule has 0 aliphatic rings. The van der Waals surface area contributed by atoms with Crippen LogP contribution in [-0.4, -0.2) is 57.6 Å². The summed E-state index contributed by atoms with van der Waals surface area (Å²) in [6, 6.07) is 13.9. The fourth-order valence-electron chi connectivity index (χ4n) is 3.70. The number of hydrogen-bond acceptors (Lipinski definition) is 5. The molecule has 0 unspecified atom stereocenters. The predicted octanol–water partition coefficient (Wildman–Crippen LogP) is 3.10. The normalized spacial score (nSPS) is 12.0. The summed E-state index contributed by atoms with van der Waals surface area (Å²) in [4.78, 5) is 27.3. The van der Waals surface area contributed by atoms with E-state index in [4.69, 9.17) is 4.74 Å². The first kappa shape index (κ1) is 27.2. The van der Waals surface area contributed by atoms with Crippen molar-refractivity contribution in [2.24, 2.45) is 0 Å². The zero-order chi connectivity index (χ0) is 25.3. The molecule has 0 radical (unpaired) electrons. The van der Waals surface area contributed by atoms with Crippen LogP contribution in [0.1, 0.15) is 37.8 Å². The summed E-state index contributed by atoms with van der Waals surface area (Å²) in [5.74, 6) is 0.203. The lowest BCUT2D eigenvalue weighted by atomic mass is 10.1. The molecule has 186 valence electrons. The van der Waals surface area contributed by atoms with E-state index in [0.717, 1.165) is 17.4 Å². The molecule has 0 aliphatic heterocycles. The molecule has 2 rings (SSSR count). The van der Waals surface area contributed by atoms with Gasteiger partial charge in [0.25, 0.3) is 0 Å². The van der Waals surface area contributed by atoms with Crippen molar-refractivity contribution in [1.82, 2.24) is 10.2 Å². The number of methoxy groups -OCH3 is 1. The lowest BCUT2D eigenvalue weighted by Crippen LogP contribution is -2.47. The van der Waals surface area contributed by atoms with E-state index in [2.05, 4.69) is 5.32 Å². The number of sulfonamides is 1. The molecule has 2 amide bonds. The highest BCUT2D eigenvalue weighted by atomic mass is 32.2. The highest BCUT2D eigenvalue weighted by molar-refractivity contribution is 7.92. The molecule has 0 heterocycles. The van der Waals surface area contributed by atoms with Crippen LogP contribution >= 0.6 is 0 Å². The molecule has 8 nitrogen and oxygen atoms in total.